The van der Waals surface area contributed by atoms with Crippen LogP contribution in [0.1, 0.15) is 36.6 Å². The van der Waals surface area contributed by atoms with Crippen molar-refractivity contribution < 1.29 is 24.4 Å². The van der Waals surface area contributed by atoms with Gasteiger partial charge < -0.3 is 24.4 Å². The number of benzene rings is 2. The topological polar surface area (TPSA) is 68.2 Å². The Labute approximate surface area is 145 Å². The van der Waals surface area contributed by atoms with Gasteiger partial charge in [0.25, 0.3) is 0 Å². The van der Waals surface area contributed by atoms with Crippen LogP contribution < -0.4 is 14.2 Å². The van der Waals surface area contributed by atoms with Gasteiger partial charge in [0.2, 0.25) is 0 Å². The molecule has 2 aromatic carbocycles. The molecule has 5 rings (SSSR count). The molecule has 25 heavy (non-hydrogen) atoms. The lowest BCUT2D eigenvalue weighted by Crippen LogP contribution is -2.41. The highest BCUT2D eigenvalue weighted by Gasteiger charge is 2.53. The van der Waals surface area contributed by atoms with Crippen molar-refractivity contribution in [3.8, 4) is 23.0 Å². The molecular formula is C20H18O5. The van der Waals surface area contributed by atoms with Crippen LogP contribution in [0.25, 0.3) is 6.08 Å². The number of phenols is 1. The Balaban J connectivity index is 1.63. The third-order valence-electron chi connectivity index (χ3n) is 5.02. The van der Waals surface area contributed by atoms with Gasteiger partial charge in [0, 0.05) is 28.8 Å². The Bertz CT molecular complexity index is 930. The van der Waals surface area contributed by atoms with Crippen LogP contribution in [-0.4, -0.2) is 22.4 Å². The van der Waals surface area contributed by atoms with Crippen LogP contribution in [-0.2, 0) is 5.60 Å². The van der Waals surface area contributed by atoms with Gasteiger partial charge in [-0.25, -0.2) is 0 Å². The third-order valence-corrected chi connectivity index (χ3v) is 5.02. The minimum Gasteiger partial charge on any atom is -0.508 e. The summed E-state index contributed by atoms with van der Waals surface area (Å²) in [6, 6.07) is 8.55. The maximum absolute atomic E-state index is 11.2. The van der Waals surface area contributed by atoms with Crippen LogP contribution in [0.4, 0.5) is 0 Å². The van der Waals surface area contributed by atoms with E-state index in [2.05, 4.69) is 0 Å². The standard InChI is InChI=1S/C20H18O5/c1-19(2)6-5-11-7-13-16(9-15(11)25-19)23-10-20(22)14-4-3-12(21)8-17(14)24-18(13)20/h3-9,18,21-22H,10H2,1-2H3. The van der Waals surface area contributed by atoms with Crippen molar-refractivity contribution in [3.05, 3.63) is 53.1 Å². The zero-order valence-electron chi connectivity index (χ0n) is 13.9. The van der Waals surface area contributed by atoms with Gasteiger partial charge in [-0.05, 0) is 38.1 Å². The summed E-state index contributed by atoms with van der Waals surface area (Å²) in [5.74, 6) is 1.99. The van der Waals surface area contributed by atoms with E-state index < -0.39 is 11.7 Å². The fraction of sp³-hybridized carbons (Fsp3) is 0.300. The molecule has 5 nitrogen and oxygen atoms in total. The van der Waals surface area contributed by atoms with Crippen molar-refractivity contribution in [1.82, 2.24) is 0 Å². The van der Waals surface area contributed by atoms with Gasteiger partial charge >= 0.3 is 0 Å². The van der Waals surface area contributed by atoms with E-state index >= 15 is 0 Å². The molecule has 2 N–H and O–H groups in total. The maximum atomic E-state index is 11.2. The Morgan fingerprint density at radius 3 is 2.76 bits per heavy atom. The molecule has 0 saturated carbocycles. The van der Waals surface area contributed by atoms with Crippen molar-refractivity contribution in [3.63, 3.8) is 0 Å². The summed E-state index contributed by atoms with van der Waals surface area (Å²) < 4.78 is 17.9. The number of ether oxygens (including phenoxy) is 3. The molecule has 0 aliphatic carbocycles. The van der Waals surface area contributed by atoms with Crippen molar-refractivity contribution in [2.45, 2.75) is 31.2 Å². The number of fused-ring (bicyclic) bond motifs is 6. The minimum atomic E-state index is -1.28. The highest BCUT2D eigenvalue weighted by Crippen LogP contribution is 2.55. The molecule has 2 aromatic rings. The highest BCUT2D eigenvalue weighted by molar-refractivity contribution is 5.66. The smallest absolute Gasteiger partial charge is 0.168 e. The van der Waals surface area contributed by atoms with E-state index in [1.54, 1.807) is 12.1 Å². The van der Waals surface area contributed by atoms with Crippen LogP contribution in [0.3, 0.4) is 0 Å². The summed E-state index contributed by atoms with van der Waals surface area (Å²) >= 11 is 0. The molecule has 0 spiro atoms. The average molecular weight is 338 g/mol. The van der Waals surface area contributed by atoms with Gasteiger partial charge in [0.1, 0.15) is 35.2 Å². The van der Waals surface area contributed by atoms with Gasteiger partial charge in [0.05, 0.1) is 0 Å². The molecule has 2 atom stereocenters. The quantitative estimate of drug-likeness (QED) is 0.771. The monoisotopic (exact) mass is 338 g/mol. The Morgan fingerprint density at radius 2 is 1.92 bits per heavy atom. The predicted octanol–water partition coefficient (Wildman–Crippen LogP) is 3.29. The first-order valence-corrected chi connectivity index (χ1v) is 8.27. The fourth-order valence-electron chi connectivity index (χ4n) is 3.75. The number of phenolic OH excluding ortho intramolecular Hbond substituents is 1. The lowest BCUT2D eigenvalue weighted by molar-refractivity contribution is -0.0864. The molecule has 3 heterocycles. The van der Waals surface area contributed by atoms with Crippen molar-refractivity contribution in [2.75, 3.05) is 6.61 Å². The van der Waals surface area contributed by atoms with Gasteiger partial charge in [-0.15, -0.1) is 0 Å². The Hall–Kier alpha value is -2.66. The summed E-state index contributed by atoms with van der Waals surface area (Å²) in [6.07, 6.45) is 3.43. The molecule has 0 bridgehead atoms. The van der Waals surface area contributed by atoms with Crippen LogP contribution in [0.2, 0.25) is 0 Å². The summed E-state index contributed by atoms with van der Waals surface area (Å²) in [7, 11) is 0. The Kier molecular flexibility index (Phi) is 2.63. The van der Waals surface area contributed by atoms with E-state index in [4.69, 9.17) is 14.2 Å². The third kappa shape index (κ3) is 1.99. The highest BCUT2D eigenvalue weighted by atomic mass is 16.5. The molecule has 0 fully saturated rings. The number of hydrogen-bond acceptors (Lipinski definition) is 5. The number of aliphatic hydroxyl groups is 1. The van der Waals surface area contributed by atoms with Gasteiger partial charge in [-0.3, -0.25) is 0 Å². The average Bonchev–Trinajstić information content (AvgIpc) is 2.85. The molecule has 3 aliphatic rings. The largest absolute Gasteiger partial charge is 0.508 e. The van der Waals surface area contributed by atoms with Crippen molar-refractivity contribution >= 4 is 6.08 Å². The molecular weight excluding hydrogens is 320 g/mol. The first-order valence-electron chi connectivity index (χ1n) is 8.27. The summed E-state index contributed by atoms with van der Waals surface area (Å²) in [5, 5.41) is 20.9. The van der Waals surface area contributed by atoms with E-state index in [0.29, 0.717) is 17.1 Å². The second-order valence-corrected chi connectivity index (χ2v) is 7.36. The molecule has 3 aliphatic heterocycles. The number of hydrogen-bond donors (Lipinski definition) is 2. The summed E-state index contributed by atoms with van der Waals surface area (Å²) in [6.45, 7) is 4.07. The van der Waals surface area contributed by atoms with Gasteiger partial charge in [-0.1, -0.05) is 6.08 Å². The lowest BCUT2D eigenvalue weighted by atomic mass is 9.84. The van der Waals surface area contributed by atoms with E-state index in [9.17, 15) is 10.2 Å². The van der Waals surface area contributed by atoms with Crippen molar-refractivity contribution in [2.24, 2.45) is 0 Å². The zero-order chi connectivity index (χ0) is 17.4. The first-order chi connectivity index (χ1) is 11.9. The predicted molar refractivity (Wildman–Crippen MR) is 91.1 cm³/mol. The van der Waals surface area contributed by atoms with E-state index in [1.807, 2.05) is 38.1 Å². The maximum Gasteiger partial charge on any atom is 0.168 e. The number of aromatic hydroxyl groups is 1. The van der Waals surface area contributed by atoms with E-state index in [0.717, 1.165) is 16.9 Å². The van der Waals surface area contributed by atoms with Gasteiger partial charge in [0.15, 0.2) is 11.7 Å². The zero-order valence-corrected chi connectivity index (χ0v) is 13.9. The van der Waals surface area contributed by atoms with Crippen LogP contribution in [0, 0.1) is 0 Å². The van der Waals surface area contributed by atoms with Crippen molar-refractivity contribution in [1.29, 1.82) is 0 Å². The van der Waals surface area contributed by atoms with Crippen LogP contribution >= 0.6 is 0 Å². The molecule has 0 radical (unpaired) electrons. The fourth-order valence-corrected chi connectivity index (χ4v) is 3.75. The van der Waals surface area contributed by atoms with E-state index in [-0.39, 0.29) is 18.0 Å². The first kappa shape index (κ1) is 14.7. The molecule has 2 unspecified atom stereocenters. The molecule has 0 saturated heterocycles. The molecule has 5 heteroatoms. The number of rotatable bonds is 0. The van der Waals surface area contributed by atoms with E-state index in [1.165, 1.54) is 6.07 Å². The minimum absolute atomic E-state index is 0.0838. The van der Waals surface area contributed by atoms with Crippen LogP contribution in [0.5, 0.6) is 23.0 Å². The normalized spacial score (nSPS) is 27.1. The van der Waals surface area contributed by atoms with Crippen LogP contribution in [0.15, 0.2) is 36.4 Å². The molecule has 0 aromatic heterocycles. The second kappa shape index (κ2) is 4.49. The summed E-state index contributed by atoms with van der Waals surface area (Å²) in [4.78, 5) is 0. The molecule has 0 amide bonds. The lowest BCUT2D eigenvalue weighted by Gasteiger charge is -2.36. The van der Waals surface area contributed by atoms with Gasteiger partial charge in [-0.2, -0.15) is 0 Å². The summed E-state index contributed by atoms with van der Waals surface area (Å²) in [5.41, 5.74) is 0.688. The second-order valence-electron chi connectivity index (χ2n) is 7.36. The SMILES string of the molecule is CC1(C)C=Cc2cc3c(cc2O1)OCC1(O)c2ccc(O)cc2OC31. The molecule has 128 valence electrons. The Morgan fingerprint density at radius 1 is 1.08 bits per heavy atom.